The van der Waals surface area contributed by atoms with Crippen LogP contribution in [0.5, 0.6) is 0 Å². The van der Waals surface area contributed by atoms with Gasteiger partial charge < -0.3 is 4.90 Å². The minimum atomic E-state index is 0. The van der Waals surface area contributed by atoms with Crippen LogP contribution >= 0.6 is 15.9 Å². The normalized spacial score (nSPS) is 13.7. The molecule has 76 valence electrons. The smallest absolute Gasteiger partial charge is 0.126 e. The second-order valence-corrected chi connectivity index (χ2v) is 3.64. The Labute approximate surface area is 121 Å². The number of aryl methyl sites for hydroxylation is 1. The number of aromatic nitrogens is 2. The Morgan fingerprint density at radius 2 is 2.14 bits per heavy atom. The molecule has 2 rings (SSSR count). The first-order valence-corrected chi connectivity index (χ1v) is 4.66. The quantitative estimate of drug-likeness (QED) is 0.429. The zero-order valence-corrected chi connectivity index (χ0v) is 14.9. The molecule has 1 aromatic rings. The van der Waals surface area contributed by atoms with Crippen molar-refractivity contribution in [2.24, 2.45) is 0 Å². The molecule has 0 saturated carbocycles. The summed E-state index contributed by atoms with van der Waals surface area (Å²) in [5.41, 5.74) is 1.06. The standard InChI is InChI=1S/C8H9BrN3.2W/c1-12-4-2-3-6-8(12)11-7(9)5-10-6;;/h5H,1-4H2;;/q-1;;. The monoisotopic (exact) mass is 594 g/mol. The van der Waals surface area contributed by atoms with Crippen LogP contribution < -0.4 is 4.90 Å². The molecule has 0 aromatic carbocycles. The fraction of sp³-hybridized carbons (Fsp3) is 0.375. The Kier molecular flexibility index (Phi) is 6.68. The average molecular weight is 595 g/mol. The first-order valence-electron chi connectivity index (χ1n) is 3.87. The van der Waals surface area contributed by atoms with E-state index in [-0.39, 0.29) is 42.1 Å². The molecule has 0 N–H and O–H groups in total. The fourth-order valence-corrected chi connectivity index (χ4v) is 1.63. The molecular weight excluding hydrogens is 586 g/mol. The number of anilines is 1. The topological polar surface area (TPSA) is 29.0 Å². The van der Waals surface area contributed by atoms with Gasteiger partial charge in [0.15, 0.2) is 0 Å². The van der Waals surface area contributed by atoms with Gasteiger partial charge >= 0.3 is 0 Å². The van der Waals surface area contributed by atoms with E-state index in [1.165, 1.54) is 0 Å². The van der Waals surface area contributed by atoms with Gasteiger partial charge in [-0.1, -0.05) is 0 Å². The molecule has 2 heterocycles. The van der Waals surface area contributed by atoms with Crippen LogP contribution in [0.25, 0.3) is 0 Å². The van der Waals surface area contributed by atoms with E-state index in [2.05, 4.69) is 32.9 Å². The van der Waals surface area contributed by atoms with E-state index in [1.807, 2.05) is 4.90 Å². The summed E-state index contributed by atoms with van der Waals surface area (Å²) in [4.78, 5) is 10.5. The predicted molar refractivity (Wildman–Crippen MR) is 50.8 cm³/mol. The largest absolute Gasteiger partial charge is 0.508 e. The maximum Gasteiger partial charge on any atom is 0.126 e. The number of halogens is 1. The van der Waals surface area contributed by atoms with E-state index in [0.29, 0.717) is 0 Å². The van der Waals surface area contributed by atoms with Gasteiger partial charge in [-0.25, -0.2) is 4.98 Å². The summed E-state index contributed by atoms with van der Waals surface area (Å²) in [5.74, 6) is 0.913. The van der Waals surface area contributed by atoms with Crippen LogP contribution in [-0.4, -0.2) is 16.5 Å². The average Bonchev–Trinajstić information content (AvgIpc) is 2.07. The molecule has 0 bridgehead atoms. The minimum Gasteiger partial charge on any atom is -0.508 e. The molecule has 0 radical (unpaired) electrons. The third-order valence-electron chi connectivity index (χ3n) is 1.94. The van der Waals surface area contributed by atoms with Gasteiger partial charge in [0.1, 0.15) is 10.4 Å². The van der Waals surface area contributed by atoms with Crippen molar-refractivity contribution in [1.82, 2.24) is 9.97 Å². The van der Waals surface area contributed by atoms with E-state index in [1.54, 1.807) is 6.20 Å². The number of fused-ring (bicyclic) bond motifs is 1. The molecule has 1 aliphatic heterocycles. The first-order chi connectivity index (χ1) is 5.77. The summed E-state index contributed by atoms with van der Waals surface area (Å²) < 4.78 is 0.775. The van der Waals surface area contributed by atoms with Gasteiger partial charge in [0.25, 0.3) is 0 Å². The van der Waals surface area contributed by atoms with Crippen LogP contribution in [0.4, 0.5) is 5.82 Å². The third-order valence-corrected chi connectivity index (χ3v) is 2.32. The second kappa shape index (κ2) is 6.35. The molecule has 0 spiro atoms. The number of nitrogens with zero attached hydrogens (tertiary/aromatic N) is 3. The van der Waals surface area contributed by atoms with Crippen LogP contribution in [0.2, 0.25) is 0 Å². The molecule has 0 saturated heterocycles. The van der Waals surface area contributed by atoms with Gasteiger partial charge in [-0.15, -0.1) is 0 Å². The third kappa shape index (κ3) is 3.11. The second-order valence-electron chi connectivity index (χ2n) is 2.83. The zero-order valence-electron chi connectivity index (χ0n) is 7.44. The van der Waals surface area contributed by atoms with Gasteiger partial charge in [0.2, 0.25) is 0 Å². The van der Waals surface area contributed by atoms with E-state index in [0.717, 1.165) is 35.5 Å². The van der Waals surface area contributed by atoms with Crippen LogP contribution in [0, 0.1) is 7.05 Å². The summed E-state index contributed by atoms with van der Waals surface area (Å²) in [5, 5.41) is 0. The summed E-state index contributed by atoms with van der Waals surface area (Å²) in [6, 6.07) is 0. The van der Waals surface area contributed by atoms with E-state index < -0.39 is 0 Å². The Morgan fingerprint density at radius 1 is 1.43 bits per heavy atom. The zero-order chi connectivity index (χ0) is 8.55. The van der Waals surface area contributed by atoms with Gasteiger partial charge in [-0.2, -0.15) is 0 Å². The summed E-state index contributed by atoms with van der Waals surface area (Å²) >= 11 is 3.29. The van der Waals surface area contributed by atoms with Crippen LogP contribution in [-0.2, 0) is 48.6 Å². The Bertz CT molecular complexity index is 309. The van der Waals surface area contributed by atoms with E-state index >= 15 is 0 Å². The van der Waals surface area contributed by atoms with E-state index in [4.69, 9.17) is 0 Å². The van der Waals surface area contributed by atoms with Gasteiger partial charge in [-0.3, -0.25) is 12.0 Å². The van der Waals surface area contributed by atoms with Crippen molar-refractivity contribution in [3.05, 3.63) is 23.5 Å². The molecule has 6 heteroatoms. The van der Waals surface area contributed by atoms with Crippen molar-refractivity contribution in [2.45, 2.75) is 12.8 Å². The van der Waals surface area contributed by atoms with Gasteiger partial charge in [0, 0.05) is 42.1 Å². The molecule has 0 atom stereocenters. The summed E-state index contributed by atoms with van der Waals surface area (Å²) in [7, 11) is 3.89. The number of rotatable bonds is 0. The predicted octanol–water partition coefficient (Wildman–Crippen LogP) is 1.78. The molecule has 0 aliphatic carbocycles. The van der Waals surface area contributed by atoms with Gasteiger partial charge in [0.05, 0.1) is 11.9 Å². The minimum absolute atomic E-state index is 0. The Balaban J connectivity index is 0.000000845. The fourth-order valence-electron chi connectivity index (χ4n) is 1.36. The SMILES string of the molecule is [CH2-]N1CCCc2ncc(Br)nc21.[W].[W]. The molecular formula is C8H9BrN3W2-. The molecule has 3 nitrogen and oxygen atoms in total. The van der Waals surface area contributed by atoms with Crippen LogP contribution in [0.15, 0.2) is 10.8 Å². The van der Waals surface area contributed by atoms with Crippen molar-refractivity contribution in [1.29, 1.82) is 0 Å². The number of hydrogen-bond donors (Lipinski definition) is 0. The Hall–Kier alpha value is 0.737. The van der Waals surface area contributed by atoms with Crippen molar-refractivity contribution >= 4 is 21.7 Å². The Morgan fingerprint density at radius 3 is 2.86 bits per heavy atom. The molecule has 1 aromatic heterocycles. The summed E-state index contributed by atoms with van der Waals surface area (Å²) in [6.07, 6.45) is 3.87. The molecule has 14 heavy (non-hydrogen) atoms. The van der Waals surface area contributed by atoms with Crippen molar-refractivity contribution < 1.29 is 42.1 Å². The first kappa shape index (κ1) is 14.7. The molecule has 0 amide bonds. The van der Waals surface area contributed by atoms with Gasteiger partial charge in [-0.05, 0) is 35.3 Å². The van der Waals surface area contributed by atoms with Crippen molar-refractivity contribution in [3.8, 4) is 0 Å². The van der Waals surface area contributed by atoms with Crippen LogP contribution in [0.3, 0.4) is 0 Å². The molecule has 1 aliphatic rings. The molecule has 0 unspecified atom stereocenters. The van der Waals surface area contributed by atoms with Crippen LogP contribution in [0.1, 0.15) is 12.1 Å². The van der Waals surface area contributed by atoms with E-state index in [9.17, 15) is 0 Å². The maximum atomic E-state index is 4.31. The van der Waals surface area contributed by atoms with Crippen molar-refractivity contribution in [3.63, 3.8) is 0 Å². The summed E-state index contributed by atoms with van der Waals surface area (Å²) in [6.45, 7) is 0.970. The van der Waals surface area contributed by atoms with Crippen molar-refractivity contribution in [2.75, 3.05) is 11.4 Å². The molecule has 0 fully saturated rings. The number of hydrogen-bond acceptors (Lipinski definition) is 3. The maximum absolute atomic E-state index is 4.31.